The molecule has 3 aromatic heterocycles. The number of fused-ring (bicyclic) bond motifs is 4. The van der Waals surface area contributed by atoms with E-state index in [0.717, 1.165) is 27.6 Å². The molecular formula is C41H27N3S2. The molecule has 0 saturated carbocycles. The topological polar surface area (TPSA) is 21.1 Å². The van der Waals surface area contributed by atoms with Crippen molar-refractivity contribution < 1.29 is 0 Å². The van der Waals surface area contributed by atoms with Crippen LogP contribution in [0.15, 0.2) is 164 Å². The first-order valence-electron chi connectivity index (χ1n) is 15.3. The second-order valence-corrected chi connectivity index (χ2v) is 13.4. The van der Waals surface area contributed by atoms with Gasteiger partial charge >= 0.3 is 0 Å². The lowest BCUT2D eigenvalue weighted by Gasteiger charge is -2.25. The van der Waals surface area contributed by atoms with Crippen LogP contribution in [0, 0.1) is 0 Å². The summed E-state index contributed by atoms with van der Waals surface area (Å²) < 4.78 is 3.62. The second-order valence-electron chi connectivity index (χ2n) is 11.3. The first kappa shape index (κ1) is 26.9. The Hall–Kier alpha value is -5.49. The molecule has 46 heavy (non-hydrogen) atoms. The quantitative estimate of drug-likeness (QED) is 0.183. The van der Waals surface area contributed by atoms with E-state index in [1.54, 1.807) is 22.7 Å². The smallest absolute Gasteiger partial charge is 0.134 e. The molecule has 0 bridgehead atoms. The molecule has 0 aliphatic rings. The molecule has 6 aromatic carbocycles. The SMILES string of the molecule is c1ccc(N(c2ccccc2)c2ccc(-c3ccc4c(c3)c3ccccc3n4-c3ccc(-c4nc5ccccc5s4)s3)cc2)cc1. The number of hydrogen-bond donors (Lipinski definition) is 0. The molecule has 9 rings (SSSR count). The summed E-state index contributed by atoms with van der Waals surface area (Å²) in [6.45, 7) is 0. The van der Waals surface area contributed by atoms with Crippen molar-refractivity contribution in [3.8, 4) is 26.0 Å². The maximum absolute atomic E-state index is 4.92. The van der Waals surface area contributed by atoms with Gasteiger partial charge in [-0.15, -0.1) is 22.7 Å². The van der Waals surface area contributed by atoms with Crippen LogP contribution in [0.5, 0.6) is 0 Å². The van der Waals surface area contributed by atoms with E-state index >= 15 is 0 Å². The van der Waals surface area contributed by atoms with Crippen LogP contribution in [0.25, 0.3) is 58.0 Å². The van der Waals surface area contributed by atoms with Gasteiger partial charge in [-0.1, -0.05) is 84.9 Å². The van der Waals surface area contributed by atoms with Crippen LogP contribution < -0.4 is 4.90 Å². The number of nitrogens with zero attached hydrogens (tertiary/aromatic N) is 3. The third-order valence-electron chi connectivity index (χ3n) is 8.48. The summed E-state index contributed by atoms with van der Waals surface area (Å²) in [7, 11) is 0. The minimum Gasteiger partial charge on any atom is -0.311 e. The van der Waals surface area contributed by atoms with Gasteiger partial charge in [-0.05, 0) is 90.0 Å². The number of benzene rings is 6. The Morgan fingerprint density at radius 2 is 1.11 bits per heavy atom. The molecule has 3 nitrogen and oxygen atoms in total. The fraction of sp³-hybridized carbons (Fsp3) is 0. The zero-order chi connectivity index (χ0) is 30.5. The maximum Gasteiger partial charge on any atom is 0.134 e. The Kier molecular flexibility index (Phi) is 6.51. The zero-order valence-electron chi connectivity index (χ0n) is 24.7. The Bertz CT molecular complexity index is 2400. The maximum atomic E-state index is 4.92. The van der Waals surface area contributed by atoms with Crippen molar-refractivity contribution in [3.63, 3.8) is 0 Å². The number of thiazole rings is 1. The van der Waals surface area contributed by atoms with Crippen LogP contribution in [0.4, 0.5) is 17.1 Å². The van der Waals surface area contributed by atoms with Crippen molar-refractivity contribution in [2.24, 2.45) is 0 Å². The Morgan fingerprint density at radius 1 is 0.478 bits per heavy atom. The van der Waals surface area contributed by atoms with Crippen molar-refractivity contribution in [1.82, 2.24) is 9.55 Å². The van der Waals surface area contributed by atoms with E-state index in [0.29, 0.717) is 0 Å². The highest BCUT2D eigenvalue weighted by Crippen LogP contribution is 2.41. The van der Waals surface area contributed by atoms with Gasteiger partial charge < -0.3 is 9.47 Å². The molecule has 5 heteroatoms. The molecule has 0 amide bonds. The van der Waals surface area contributed by atoms with Crippen molar-refractivity contribution >= 4 is 71.8 Å². The van der Waals surface area contributed by atoms with Crippen molar-refractivity contribution in [2.75, 3.05) is 4.90 Å². The highest BCUT2D eigenvalue weighted by Gasteiger charge is 2.17. The number of thiophene rings is 1. The summed E-state index contributed by atoms with van der Waals surface area (Å²) in [4.78, 5) is 8.40. The van der Waals surface area contributed by atoms with Gasteiger partial charge in [0.1, 0.15) is 10.0 Å². The number of aromatic nitrogens is 2. The lowest BCUT2D eigenvalue weighted by Crippen LogP contribution is -2.09. The minimum absolute atomic E-state index is 1.06. The van der Waals surface area contributed by atoms with E-state index in [2.05, 4.69) is 173 Å². The average molecular weight is 626 g/mol. The molecule has 0 spiro atoms. The Labute approximate surface area is 274 Å². The minimum atomic E-state index is 1.06. The zero-order valence-corrected chi connectivity index (χ0v) is 26.4. The van der Waals surface area contributed by atoms with E-state index in [4.69, 9.17) is 4.98 Å². The van der Waals surface area contributed by atoms with Crippen molar-refractivity contribution in [1.29, 1.82) is 0 Å². The molecular weight excluding hydrogens is 599 g/mol. The van der Waals surface area contributed by atoms with Crippen LogP contribution >= 0.6 is 22.7 Å². The third kappa shape index (κ3) is 4.60. The standard InChI is InChI=1S/C41H27N3S2/c1-3-11-30(12-4-1)43(31-13-5-2-6-14-31)32-22-19-28(20-23-32)29-21-24-37-34(27-29)33-15-7-9-17-36(33)44(37)40-26-25-39(45-40)41-42-35-16-8-10-18-38(35)46-41/h1-27H. The highest BCUT2D eigenvalue weighted by molar-refractivity contribution is 7.26. The normalized spacial score (nSPS) is 11.5. The molecule has 0 N–H and O–H groups in total. The first-order chi connectivity index (χ1) is 22.8. The molecule has 9 aromatic rings. The second kappa shape index (κ2) is 11.1. The van der Waals surface area contributed by atoms with Crippen LogP contribution in [0.2, 0.25) is 0 Å². The van der Waals surface area contributed by atoms with Gasteiger partial charge in [0.25, 0.3) is 0 Å². The van der Waals surface area contributed by atoms with Gasteiger partial charge in [-0.3, -0.25) is 0 Å². The number of rotatable bonds is 6. The predicted molar refractivity (Wildman–Crippen MR) is 197 cm³/mol. The average Bonchev–Trinajstić information content (AvgIpc) is 3.85. The van der Waals surface area contributed by atoms with Crippen LogP contribution in [-0.4, -0.2) is 9.55 Å². The molecule has 0 fully saturated rings. The van der Waals surface area contributed by atoms with E-state index in [1.807, 2.05) is 0 Å². The summed E-state index contributed by atoms with van der Waals surface area (Å²) in [5, 5.41) is 4.77. The monoisotopic (exact) mass is 625 g/mol. The van der Waals surface area contributed by atoms with E-state index < -0.39 is 0 Å². The van der Waals surface area contributed by atoms with Crippen molar-refractivity contribution in [3.05, 3.63) is 164 Å². The molecule has 0 aliphatic heterocycles. The summed E-state index contributed by atoms with van der Waals surface area (Å²) >= 11 is 3.55. The fourth-order valence-corrected chi connectivity index (χ4v) is 8.39. The molecule has 0 saturated heterocycles. The van der Waals surface area contributed by atoms with Crippen LogP contribution in [-0.2, 0) is 0 Å². The van der Waals surface area contributed by atoms with E-state index in [-0.39, 0.29) is 0 Å². The van der Waals surface area contributed by atoms with Gasteiger partial charge in [-0.2, -0.15) is 0 Å². The molecule has 218 valence electrons. The Balaban J connectivity index is 1.11. The molecule has 0 unspecified atom stereocenters. The summed E-state index contributed by atoms with van der Waals surface area (Å²) in [5.74, 6) is 0. The van der Waals surface area contributed by atoms with E-state index in [1.165, 1.54) is 47.5 Å². The van der Waals surface area contributed by atoms with Gasteiger partial charge in [0.2, 0.25) is 0 Å². The lowest BCUT2D eigenvalue weighted by atomic mass is 10.0. The first-order valence-corrected chi connectivity index (χ1v) is 16.9. The molecule has 0 radical (unpaired) electrons. The van der Waals surface area contributed by atoms with Crippen LogP contribution in [0.1, 0.15) is 0 Å². The number of para-hydroxylation sites is 4. The highest BCUT2D eigenvalue weighted by atomic mass is 32.1. The van der Waals surface area contributed by atoms with Gasteiger partial charge in [-0.25, -0.2) is 4.98 Å². The van der Waals surface area contributed by atoms with E-state index in [9.17, 15) is 0 Å². The molecule has 0 atom stereocenters. The molecule has 3 heterocycles. The van der Waals surface area contributed by atoms with Crippen LogP contribution in [0.3, 0.4) is 0 Å². The third-order valence-corrected chi connectivity index (χ3v) is 10.8. The Morgan fingerprint density at radius 3 is 1.87 bits per heavy atom. The predicted octanol–water partition coefficient (Wildman–Crippen LogP) is 12.3. The largest absolute Gasteiger partial charge is 0.311 e. The van der Waals surface area contributed by atoms with Gasteiger partial charge in [0.15, 0.2) is 0 Å². The summed E-state index contributed by atoms with van der Waals surface area (Å²) in [5.41, 5.74) is 9.27. The van der Waals surface area contributed by atoms with Crippen molar-refractivity contribution in [2.45, 2.75) is 0 Å². The molecule has 0 aliphatic carbocycles. The summed E-state index contributed by atoms with van der Waals surface area (Å²) in [6.07, 6.45) is 0. The number of hydrogen-bond acceptors (Lipinski definition) is 4. The van der Waals surface area contributed by atoms with Gasteiger partial charge in [0.05, 0.1) is 26.1 Å². The number of anilines is 3. The fourth-order valence-electron chi connectivity index (χ4n) is 6.33. The van der Waals surface area contributed by atoms with Gasteiger partial charge in [0, 0.05) is 27.8 Å². The lowest BCUT2D eigenvalue weighted by molar-refractivity contribution is 1.22. The summed E-state index contributed by atoms with van der Waals surface area (Å²) in [6, 6.07) is 58.4.